The van der Waals surface area contributed by atoms with Gasteiger partial charge in [0.2, 0.25) is 0 Å². The fourth-order valence-corrected chi connectivity index (χ4v) is 1.64. The van der Waals surface area contributed by atoms with Crippen molar-refractivity contribution < 1.29 is 0 Å². The lowest BCUT2D eigenvalue weighted by Gasteiger charge is -2.12. The molecule has 78 valence electrons. The normalized spacial score (nSPS) is 10.6. The summed E-state index contributed by atoms with van der Waals surface area (Å²) in [7, 11) is 4.11. The van der Waals surface area contributed by atoms with E-state index >= 15 is 0 Å². The van der Waals surface area contributed by atoms with Gasteiger partial charge < -0.3 is 4.90 Å². The van der Waals surface area contributed by atoms with Crippen LogP contribution < -0.4 is 4.90 Å². The molecule has 0 spiro atoms. The molecular formula is C13H16N2. The predicted molar refractivity (Wildman–Crippen MR) is 65.4 cm³/mol. The Bertz CT molecular complexity index is 475. The Morgan fingerprint density at radius 1 is 1.20 bits per heavy atom. The minimum absolute atomic E-state index is 1.04. The highest BCUT2D eigenvalue weighted by molar-refractivity contribution is 5.82. The fourth-order valence-electron chi connectivity index (χ4n) is 1.64. The summed E-state index contributed by atoms with van der Waals surface area (Å²) in [6, 6.07) is 8.57. The number of anilines is 1. The molecule has 2 heteroatoms. The van der Waals surface area contributed by atoms with Gasteiger partial charge in [-0.2, -0.15) is 0 Å². The van der Waals surface area contributed by atoms with Crippen molar-refractivity contribution >= 4 is 16.6 Å². The van der Waals surface area contributed by atoms with E-state index in [-0.39, 0.29) is 0 Å². The van der Waals surface area contributed by atoms with Crippen LogP contribution in [0.2, 0.25) is 0 Å². The van der Waals surface area contributed by atoms with Crippen LogP contribution in [0.15, 0.2) is 30.5 Å². The highest BCUT2D eigenvalue weighted by Crippen LogP contribution is 2.20. The molecule has 0 fully saturated rings. The van der Waals surface area contributed by atoms with E-state index < -0.39 is 0 Å². The molecule has 0 amide bonds. The smallest absolute Gasteiger partial charge is 0.0703 e. The second-order valence-electron chi connectivity index (χ2n) is 3.97. The summed E-state index contributed by atoms with van der Waals surface area (Å²) in [5.74, 6) is 0. The maximum Gasteiger partial charge on any atom is 0.0703 e. The van der Waals surface area contributed by atoms with Gasteiger partial charge in [0.1, 0.15) is 0 Å². The third-order valence-electron chi connectivity index (χ3n) is 2.65. The molecule has 1 aromatic heterocycles. The maximum atomic E-state index is 4.43. The molecule has 2 nitrogen and oxygen atoms in total. The average Bonchev–Trinajstić information content (AvgIpc) is 2.27. The number of fused-ring (bicyclic) bond motifs is 1. The Morgan fingerprint density at radius 2 is 2.00 bits per heavy atom. The second kappa shape index (κ2) is 3.89. The number of benzene rings is 1. The van der Waals surface area contributed by atoms with Crippen LogP contribution in [0.25, 0.3) is 10.9 Å². The number of aromatic nitrogens is 1. The quantitative estimate of drug-likeness (QED) is 0.741. The monoisotopic (exact) mass is 200 g/mol. The van der Waals surface area contributed by atoms with Crippen molar-refractivity contribution in [3.8, 4) is 0 Å². The zero-order chi connectivity index (χ0) is 10.8. The first kappa shape index (κ1) is 9.97. The Labute approximate surface area is 90.6 Å². The number of hydrogen-bond donors (Lipinski definition) is 0. The third-order valence-corrected chi connectivity index (χ3v) is 2.65. The van der Waals surface area contributed by atoms with Gasteiger partial charge in [-0.25, -0.2) is 0 Å². The first-order chi connectivity index (χ1) is 7.20. The van der Waals surface area contributed by atoms with Crippen molar-refractivity contribution in [3.05, 3.63) is 36.0 Å². The molecule has 2 rings (SSSR count). The van der Waals surface area contributed by atoms with Crippen LogP contribution in [0.3, 0.4) is 0 Å². The standard InChI is InChI=1S/C13H16N2/c1-4-10-7-11-8-12(15(2)3)5-6-13(11)14-9-10/h5-9H,4H2,1-3H3. The van der Waals surface area contributed by atoms with Gasteiger partial charge >= 0.3 is 0 Å². The van der Waals surface area contributed by atoms with Crippen LogP contribution in [0.5, 0.6) is 0 Å². The van der Waals surface area contributed by atoms with Gasteiger partial charge in [-0.15, -0.1) is 0 Å². The molecule has 0 unspecified atom stereocenters. The van der Waals surface area contributed by atoms with E-state index in [1.54, 1.807) is 0 Å². The molecule has 1 heterocycles. The van der Waals surface area contributed by atoms with E-state index in [0.717, 1.165) is 11.9 Å². The zero-order valence-electron chi connectivity index (χ0n) is 9.49. The second-order valence-corrected chi connectivity index (χ2v) is 3.97. The molecule has 2 aromatic rings. The molecule has 0 aliphatic heterocycles. The molecule has 15 heavy (non-hydrogen) atoms. The number of nitrogens with zero attached hydrogens (tertiary/aromatic N) is 2. The summed E-state index contributed by atoms with van der Waals surface area (Å²) < 4.78 is 0. The van der Waals surface area contributed by atoms with Crippen molar-refractivity contribution in [3.63, 3.8) is 0 Å². The summed E-state index contributed by atoms with van der Waals surface area (Å²) in [5, 5.41) is 1.22. The average molecular weight is 200 g/mol. The summed E-state index contributed by atoms with van der Waals surface area (Å²) in [6.45, 7) is 2.15. The molecule has 0 saturated heterocycles. The van der Waals surface area contributed by atoms with Crippen molar-refractivity contribution in [2.45, 2.75) is 13.3 Å². The summed E-state index contributed by atoms with van der Waals surface area (Å²) >= 11 is 0. The Balaban J connectivity index is 2.57. The van der Waals surface area contributed by atoms with Crippen LogP contribution in [0.4, 0.5) is 5.69 Å². The van der Waals surface area contributed by atoms with E-state index in [2.05, 4.69) is 55.2 Å². The molecule has 0 N–H and O–H groups in total. The molecule has 0 aliphatic carbocycles. The third kappa shape index (κ3) is 1.94. The molecule has 0 bridgehead atoms. The topological polar surface area (TPSA) is 16.1 Å². The lowest BCUT2D eigenvalue weighted by Crippen LogP contribution is -2.08. The molecule has 0 atom stereocenters. The molecule has 0 radical (unpaired) electrons. The minimum Gasteiger partial charge on any atom is -0.378 e. The Hall–Kier alpha value is -1.57. The fraction of sp³-hybridized carbons (Fsp3) is 0.308. The van der Waals surface area contributed by atoms with E-state index in [9.17, 15) is 0 Å². The van der Waals surface area contributed by atoms with Gasteiger partial charge in [0.05, 0.1) is 5.52 Å². The zero-order valence-corrected chi connectivity index (χ0v) is 9.49. The van der Waals surface area contributed by atoms with Crippen LogP contribution in [0.1, 0.15) is 12.5 Å². The Kier molecular flexibility index (Phi) is 2.58. The van der Waals surface area contributed by atoms with Crippen molar-refractivity contribution in [2.24, 2.45) is 0 Å². The summed E-state index contributed by atoms with van der Waals surface area (Å²) in [5.41, 5.74) is 3.58. The van der Waals surface area contributed by atoms with Crippen molar-refractivity contribution in [2.75, 3.05) is 19.0 Å². The lowest BCUT2D eigenvalue weighted by atomic mass is 10.1. The van der Waals surface area contributed by atoms with Gasteiger partial charge in [-0.05, 0) is 36.2 Å². The minimum atomic E-state index is 1.04. The molecular weight excluding hydrogens is 184 g/mol. The van der Waals surface area contributed by atoms with E-state index in [0.29, 0.717) is 0 Å². The maximum absolute atomic E-state index is 4.43. The number of pyridine rings is 1. The van der Waals surface area contributed by atoms with Crippen LogP contribution in [-0.4, -0.2) is 19.1 Å². The Morgan fingerprint density at radius 3 is 2.67 bits per heavy atom. The SMILES string of the molecule is CCc1cnc2ccc(N(C)C)cc2c1. The number of aryl methyl sites for hydroxylation is 1. The predicted octanol–water partition coefficient (Wildman–Crippen LogP) is 2.86. The highest BCUT2D eigenvalue weighted by atomic mass is 15.1. The lowest BCUT2D eigenvalue weighted by molar-refractivity contribution is 1.11. The van der Waals surface area contributed by atoms with Gasteiger partial charge in [0.25, 0.3) is 0 Å². The van der Waals surface area contributed by atoms with E-state index in [1.807, 2.05) is 6.20 Å². The first-order valence-electron chi connectivity index (χ1n) is 5.26. The summed E-state index contributed by atoms with van der Waals surface area (Å²) in [4.78, 5) is 6.54. The first-order valence-corrected chi connectivity index (χ1v) is 5.26. The number of hydrogen-bond acceptors (Lipinski definition) is 2. The van der Waals surface area contributed by atoms with Gasteiger partial charge in [-0.3, -0.25) is 4.98 Å². The van der Waals surface area contributed by atoms with E-state index in [4.69, 9.17) is 0 Å². The number of rotatable bonds is 2. The largest absolute Gasteiger partial charge is 0.378 e. The van der Waals surface area contributed by atoms with Crippen molar-refractivity contribution in [1.82, 2.24) is 4.98 Å². The van der Waals surface area contributed by atoms with Crippen LogP contribution in [0, 0.1) is 0 Å². The van der Waals surface area contributed by atoms with Crippen LogP contribution in [-0.2, 0) is 6.42 Å². The summed E-state index contributed by atoms with van der Waals surface area (Å²) in [6.07, 6.45) is 2.99. The van der Waals surface area contributed by atoms with Gasteiger partial charge in [0, 0.05) is 31.4 Å². The molecule has 0 saturated carbocycles. The highest BCUT2D eigenvalue weighted by Gasteiger charge is 2.00. The molecule has 1 aromatic carbocycles. The van der Waals surface area contributed by atoms with Gasteiger partial charge in [-0.1, -0.05) is 6.92 Å². The molecule has 0 aliphatic rings. The van der Waals surface area contributed by atoms with Gasteiger partial charge in [0.15, 0.2) is 0 Å². The van der Waals surface area contributed by atoms with Crippen molar-refractivity contribution in [1.29, 1.82) is 0 Å². The van der Waals surface area contributed by atoms with Crippen LogP contribution >= 0.6 is 0 Å². The van der Waals surface area contributed by atoms with E-state index in [1.165, 1.54) is 16.6 Å².